The summed E-state index contributed by atoms with van der Waals surface area (Å²) in [6.07, 6.45) is 17.6. The minimum absolute atomic E-state index is 0.794. The van der Waals surface area contributed by atoms with Crippen LogP contribution in [0.2, 0.25) is 10.6 Å². The molecule has 0 aliphatic heterocycles. The van der Waals surface area contributed by atoms with Crippen molar-refractivity contribution in [2.75, 3.05) is 0 Å². The van der Waals surface area contributed by atoms with Crippen LogP contribution >= 0.6 is 8.69 Å². The van der Waals surface area contributed by atoms with E-state index in [1.807, 2.05) is 0 Å². The van der Waals surface area contributed by atoms with Gasteiger partial charge in [-0.2, -0.15) is 0 Å². The first kappa shape index (κ1) is 22.9. The molecule has 4 heteroatoms. The fourth-order valence-electron chi connectivity index (χ4n) is 2.28. The van der Waals surface area contributed by atoms with Crippen molar-refractivity contribution in [1.82, 2.24) is 0 Å². The normalized spacial score (nSPS) is 9.95. The van der Waals surface area contributed by atoms with E-state index in [0.717, 1.165) is 15.2 Å². The molecule has 0 aromatic carbocycles. The van der Waals surface area contributed by atoms with Crippen LogP contribution in [0.4, 0.5) is 0 Å². The largest absolute Gasteiger partial charge is 0.772 e. The van der Waals surface area contributed by atoms with Crippen molar-refractivity contribution in [3.05, 3.63) is 0 Å². The van der Waals surface area contributed by atoms with Crippen molar-refractivity contribution in [2.24, 2.45) is 0 Å². The van der Waals surface area contributed by atoms with Crippen LogP contribution in [0.1, 0.15) is 90.9 Å². The van der Waals surface area contributed by atoms with E-state index in [-0.39, 0.29) is 0 Å². The molecule has 0 aliphatic rings. The van der Waals surface area contributed by atoms with E-state index >= 15 is 0 Å². The first-order chi connectivity index (χ1) is 9.83. The second-order valence-electron chi connectivity index (χ2n) is 5.48. The van der Waals surface area contributed by atoms with Crippen LogP contribution in [0.5, 0.6) is 0 Å². The van der Waals surface area contributed by atoms with Crippen molar-refractivity contribution in [1.29, 1.82) is 0 Å². The Morgan fingerprint density at radius 2 is 1.00 bits per heavy atom. The third-order valence-corrected chi connectivity index (χ3v) is 5.16. The molecule has 2 nitrogen and oxygen atoms in total. The van der Waals surface area contributed by atoms with E-state index in [2.05, 4.69) is 13.8 Å². The molecule has 0 atom stereocenters. The van der Waals surface area contributed by atoms with Gasteiger partial charge in [-0.1, -0.05) is 0 Å². The average Bonchev–Trinajstić information content (AvgIpc) is 2.45. The molecule has 20 heavy (non-hydrogen) atoms. The van der Waals surface area contributed by atoms with Gasteiger partial charge >= 0.3 is 117 Å². The van der Waals surface area contributed by atoms with Gasteiger partial charge in [-0.05, 0) is 0 Å². The summed E-state index contributed by atoms with van der Waals surface area (Å²) in [5.41, 5.74) is 0. The monoisotopic (exact) mass is 316 g/mol. The molecular formula is C16H34AlO2P. The van der Waals surface area contributed by atoms with Crippen LogP contribution in [0.3, 0.4) is 0 Å². The van der Waals surface area contributed by atoms with E-state index < -0.39 is 8.69 Å². The van der Waals surface area contributed by atoms with Crippen LogP contribution in [-0.2, 0) is 4.57 Å². The number of hydrogen-bond donors (Lipinski definition) is 0. The van der Waals surface area contributed by atoms with Gasteiger partial charge < -0.3 is 4.89 Å². The van der Waals surface area contributed by atoms with Crippen LogP contribution < -0.4 is 4.89 Å². The Hall–Kier alpha value is 0.592. The molecule has 0 spiro atoms. The number of unbranched alkanes of at least 4 members (excludes halogenated alkanes) is 10. The van der Waals surface area contributed by atoms with Crippen LogP contribution in [0, 0.1) is 0 Å². The molecule has 0 aromatic heterocycles. The molecule has 0 saturated heterocycles. The van der Waals surface area contributed by atoms with Gasteiger partial charge in [0.05, 0.1) is 8.69 Å². The van der Waals surface area contributed by atoms with E-state index in [9.17, 15) is 0 Å². The molecule has 0 aliphatic carbocycles. The molecule has 118 valence electrons. The molecule has 0 aromatic rings. The SMILES string of the molecule is CCCCCCC[CH2][Al+][CH2]CCCCCCC.O=P[O-]. The number of hydrogen-bond acceptors (Lipinski definition) is 2. The van der Waals surface area contributed by atoms with E-state index in [1.54, 1.807) is 10.6 Å². The summed E-state index contributed by atoms with van der Waals surface area (Å²) in [6, 6.07) is 0. The maximum absolute atomic E-state index is 8.35. The molecule has 0 N–H and O–H groups in total. The van der Waals surface area contributed by atoms with Gasteiger partial charge in [-0.15, -0.1) is 0 Å². The Bertz CT molecular complexity index is 155. The summed E-state index contributed by atoms with van der Waals surface area (Å²) in [7, 11) is -1.08. The molecule has 0 saturated carbocycles. The summed E-state index contributed by atoms with van der Waals surface area (Å²) in [5, 5.41) is 3.14. The van der Waals surface area contributed by atoms with Crippen molar-refractivity contribution >= 4 is 23.9 Å². The van der Waals surface area contributed by atoms with Gasteiger partial charge in [0.1, 0.15) is 0 Å². The smallest absolute Gasteiger partial charge is 0.0642 e. The standard InChI is InChI=1S/2C8H17.Al.HO2P/c2*1-3-5-7-8-6-4-2;;1-3-2/h2*1,3-8H2,2H3;;(H,1,2)/q;;+1;/p-1. The predicted octanol–water partition coefficient (Wildman–Crippen LogP) is 5.80. The zero-order chi connectivity index (χ0) is 15.3. The minimum Gasteiger partial charge on any atom is -0.772 e. The maximum atomic E-state index is 8.35. The Labute approximate surface area is 135 Å². The first-order valence-corrected chi connectivity index (χ1v) is 11.0. The fraction of sp³-hybridized carbons (Fsp3) is 1.00. The Morgan fingerprint density at radius 3 is 1.35 bits per heavy atom. The van der Waals surface area contributed by atoms with Gasteiger partial charge in [0, 0.05) is 0 Å². The molecule has 0 radical (unpaired) electrons. The fourth-order valence-corrected chi connectivity index (χ4v) is 3.73. The quantitative estimate of drug-likeness (QED) is 0.231. The summed E-state index contributed by atoms with van der Waals surface area (Å²) < 4.78 is 8.35. The van der Waals surface area contributed by atoms with Gasteiger partial charge in [-0.3, -0.25) is 4.57 Å². The third-order valence-electron chi connectivity index (χ3n) is 3.52. The van der Waals surface area contributed by atoms with E-state index in [0.29, 0.717) is 0 Å². The Morgan fingerprint density at radius 1 is 0.700 bits per heavy atom. The summed E-state index contributed by atoms with van der Waals surface area (Å²) in [5.74, 6) is 0. The first-order valence-electron chi connectivity index (χ1n) is 8.60. The zero-order valence-corrected chi connectivity index (χ0v) is 15.8. The molecule has 0 bridgehead atoms. The Kier molecular flexibility index (Phi) is 28.1. The molecule has 0 fully saturated rings. The van der Waals surface area contributed by atoms with Crippen molar-refractivity contribution < 1.29 is 9.46 Å². The number of rotatable bonds is 14. The zero-order valence-electron chi connectivity index (χ0n) is 13.7. The Balaban J connectivity index is 0. The predicted molar refractivity (Wildman–Crippen MR) is 89.7 cm³/mol. The van der Waals surface area contributed by atoms with E-state index in [4.69, 9.17) is 9.46 Å². The summed E-state index contributed by atoms with van der Waals surface area (Å²) >= 11 is 0.794. The van der Waals surface area contributed by atoms with Crippen molar-refractivity contribution in [3.8, 4) is 0 Å². The topological polar surface area (TPSA) is 40.1 Å². The average molecular weight is 316 g/mol. The summed E-state index contributed by atoms with van der Waals surface area (Å²) in [6.45, 7) is 4.59. The van der Waals surface area contributed by atoms with Crippen LogP contribution in [-0.4, -0.2) is 15.2 Å². The minimum atomic E-state index is -1.08. The van der Waals surface area contributed by atoms with Crippen molar-refractivity contribution in [3.63, 3.8) is 0 Å². The maximum Gasteiger partial charge on any atom is 0.0642 e. The van der Waals surface area contributed by atoms with E-state index in [1.165, 1.54) is 77.0 Å². The van der Waals surface area contributed by atoms with Crippen LogP contribution in [0.25, 0.3) is 0 Å². The molecule has 0 rings (SSSR count). The van der Waals surface area contributed by atoms with Gasteiger partial charge in [0.15, 0.2) is 0 Å². The second kappa shape index (κ2) is 24.6. The summed E-state index contributed by atoms with van der Waals surface area (Å²) in [4.78, 5) is 8.35. The van der Waals surface area contributed by atoms with Gasteiger partial charge in [-0.25, -0.2) is 0 Å². The molecule has 0 heterocycles. The van der Waals surface area contributed by atoms with Gasteiger partial charge in [0.2, 0.25) is 0 Å². The van der Waals surface area contributed by atoms with Gasteiger partial charge in [0.25, 0.3) is 0 Å². The molecular weight excluding hydrogens is 282 g/mol. The third kappa shape index (κ3) is 27.0. The molecule has 0 amide bonds. The second-order valence-corrected chi connectivity index (χ2v) is 7.36. The van der Waals surface area contributed by atoms with Crippen LogP contribution in [0.15, 0.2) is 0 Å². The molecule has 0 unspecified atom stereocenters. The van der Waals surface area contributed by atoms with Crippen molar-refractivity contribution in [2.45, 2.75) is 101 Å².